The number of carbonyl (C=O) groups excluding carboxylic acids is 1. The second-order valence-electron chi connectivity index (χ2n) is 10.2. The topological polar surface area (TPSA) is 78.9 Å². The van der Waals surface area contributed by atoms with Gasteiger partial charge in [-0.2, -0.15) is 0 Å². The second-order valence-corrected chi connectivity index (χ2v) is 11.2. The summed E-state index contributed by atoms with van der Waals surface area (Å²) in [7, 11) is 4.66. The van der Waals surface area contributed by atoms with Gasteiger partial charge in [0.1, 0.15) is 11.5 Å². The van der Waals surface area contributed by atoms with Crippen LogP contribution in [0.1, 0.15) is 58.1 Å². The number of nitrogens with one attached hydrogen (secondary N) is 1. The van der Waals surface area contributed by atoms with Crippen LogP contribution >= 0.6 is 11.3 Å². The molecule has 8 heteroatoms. The number of carbonyl (C=O) groups is 1. The Labute approximate surface area is 239 Å². The van der Waals surface area contributed by atoms with Gasteiger partial charge >= 0.3 is 5.97 Å². The molecule has 0 spiro atoms. The molecule has 7 nitrogen and oxygen atoms in total. The minimum absolute atomic E-state index is 0.392. The van der Waals surface area contributed by atoms with Gasteiger partial charge in [-0.25, -0.2) is 9.78 Å². The number of rotatable bonds is 11. The maximum absolute atomic E-state index is 12.7. The highest BCUT2D eigenvalue weighted by atomic mass is 32.1. The summed E-state index contributed by atoms with van der Waals surface area (Å²) in [5.41, 5.74) is 4.19. The Morgan fingerprint density at radius 1 is 0.975 bits per heavy atom. The van der Waals surface area contributed by atoms with Crippen molar-refractivity contribution in [3.8, 4) is 11.5 Å². The molecule has 3 aromatic carbocycles. The van der Waals surface area contributed by atoms with E-state index in [9.17, 15) is 4.79 Å². The Morgan fingerprint density at radius 2 is 1.77 bits per heavy atom. The summed E-state index contributed by atoms with van der Waals surface area (Å²) in [4.78, 5) is 17.6. The molecule has 1 aromatic heterocycles. The number of esters is 1. The van der Waals surface area contributed by atoms with Crippen molar-refractivity contribution in [2.75, 3.05) is 33.3 Å². The van der Waals surface area contributed by atoms with Crippen LogP contribution in [0.25, 0.3) is 10.2 Å². The van der Waals surface area contributed by atoms with Gasteiger partial charge in [0.25, 0.3) is 0 Å². The van der Waals surface area contributed by atoms with Gasteiger partial charge in [-0.3, -0.25) is 0 Å². The molecule has 4 aromatic rings. The normalized spacial score (nSPS) is 17.0. The van der Waals surface area contributed by atoms with Crippen molar-refractivity contribution in [3.05, 3.63) is 82.4 Å². The third-order valence-corrected chi connectivity index (χ3v) is 8.75. The maximum atomic E-state index is 12.7. The Balaban J connectivity index is 1.26. The molecule has 0 unspecified atom stereocenters. The summed E-state index contributed by atoms with van der Waals surface area (Å²) in [6.45, 7) is 1.95. The largest absolute Gasteiger partial charge is 0.497 e. The first kappa shape index (κ1) is 27.9. The lowest BCUT2D eigenvalue weighted by Gasteiger charge is -2.27. The molecule has 0 aliphatic heterocycles. The molecule has 0 radical (unpaired) electrons. The van der Waals surface area contributed by atoms with Gasteiger partial charge in [0, 0.05) is 30.7 Å². The molecular weight excluding hydrogens is 524 g/mol. The van der Waals surface area contributed by atoms with Gasteiger partial charge in [0.2, 0.25) is 0 Å². The van der Waals surface area contributed by atoms with Crippen LogP contribution in [0.15, 0.2) is 60.7 Å². The first-order valence-electron chi connectivity index (χ1n) is 13.7. The second kappa shape index (κ2) is 13.2. The van der Waals surface area contributed by atoms with Crippen molar-refractivity contribution in [2.45, 2.75) is 44.8 Å². The van der Waals surface area contributed by atoms with Crippen molar-refractivity contribution in [1.29, 1.82) is 0 Å². The zero-order valence-corrected chi connectivity index (χ0v) is 24.1. The van der Waals surface area contributed by atoms with Crippen LogP contribution in [0, 0.1) is 5.92 Å². The lowest BCUT2D eigenvalue weighted by atomic mass is 9.83. The van der Waals surface area contributed by atoms with Gasteiger partial charge in [-0.1, -0.05) is 30.3 Å². The molecular formula is C32H36N2O5S. The lowest BCUT2D eigenvalue weighted by Crippen LogP contribution is -2.17. The van der Waals surface area contributed by atoms with Crippen LogP contribution < -0.4 is 14.8 Å². The molecule has 1 aliphatic carbocycles. The highest BCUT2D eigenvalue weighted by Crippen LogP contribution is 2.40. The SMILES string of the molecule is COC(=O)c1cc2nc([C@H]3CC[C@H](COCc4ccccc4)CC3)sc2cc1NCc1ccc(OC)cc1OC. The summed E-state index contributed by atoms with van der Waals surface area (Å²) >= 11 is 1.72. The molecule has 0 bridgehead atoms. The molecule has 1 N–H and O–H groups in total. The summed E-state index contributed by atoms with van der Waals surface area (Å²) in [6, 6.07) is 19.9. The molecule has 0 amide bonds. The van der Waals surface area contributed by atoms with Crippen LogP contribution in [-0.2, 0) is 22.6 Å². The average Bonchev–Trinajstić information content (AvgIpc) is 3.43. The van der Waals surface area contributed by atoms with E-state index in [0.717, 1.165) is 58.8 Å². The first-order chi connectivity index (χ1) is 19.6. The third kappa shape index (κ3) is 6.57. The molecule has 40 heavy (non-hydrogen) atoms. The van der Waals surface area contributed by atoms with E-state index in [1.807, 2.05) is 48.5 Å². The average molecular weight is 561 g/mol. The highest BCUT2D eigenvalue weighted by molar-refractivity contribution is 7.18. The van der Waals surface area contributed by atoms with Crippen molar-refractivity contribution in [1.82, 2.24) is 4.98 Å². The molecule has 1 aliphatic rings. The van der Waals surface area contributed by atoms with E-state index in [1.54, 1.807) is 25.6 Å². The summed E-state index contributed by atoms with van der Waals surface area (Å²) in [6.07, 6.45) is 4.48. The van der Waals surface area contributed by atoms with E-state index in [4.69, 9.17) is 23.9 Å². The Kier molecular flexibility index (Phi) is 9.19. The number of thiazole rings is 1. The van der Waals surface area contributed by atoms with E-state index in [-0.39, 0.29) is 0 Å². The Hall–Kier alpha value is -3.62. The van der Waals surface area contributed by atoms with Crippen LogP contribution in [0.4, 0.5) is 5.69 Å². The summed E-state index contributed by atoms with van der Waals surface area (Å²) < 4.78 is 23.0. The van der Waals surface area contributed by atoms with Crippen LogP contribution in [0.3, 0.4) is 0 Å². The number of aromatic nitrogens is 1. The van der Waals surface area contributed by atoms with Crippen LogP contribution in [0.2, 0.25) is 0 Å². The minimum Gasteiger partial charge on any atom is -0.497 e. The standard InChI is InChI=1S/C32H36N2O5S/c1-36-25-14-13-24(29(15-25)37-2)18-33-27-17-30-28(16-26(27)32(35)38-3)34-31(40-30)23-11-9-22(10-12-23)20-39-19-21-7-5-4-6-8-21/h4-8,13-17,22-23,33H,9-12,18-20H2,1-3H3/t22-,23-. The van der Waals surface area contributed by atoms with Gasteiger partial charge in [0.05, 0.1) is 54.4 Å². The first-order valence-corrected chi connectivity index (χ1v) is 14.5. The predicted molar refractivity (Wildman–Crippen MR) is 159 cm³/mol. The number of anilines is 1. The van der Waals surface area contributed by atoms with E-state index < -0.39 is 5.97 Å². The smallest absolute Gasteiger partial charge is 0.340 e. The van der Waals surface area contributed by atoms with Crippen molar-refractivity contribution in [2.24, 2.45) is 5.92 Å². The van der Waals surface area contributed by atoms with Crippen molar-refractivity contribution >= 4 is 33.2 Å². The molecule has 5 rings (SSSR count). The van der Waals surface area contributed by atoms with Gasteiger partial charge in [0.15, 0.2) is 0 Å². The van der Waals surface area contributed by atoms with E-state index in [0.29, 0.717) is 42.0 Å². The number of benzene rings is 3. The number of fused-ring (bicyclic) bond motifs is 1. The number of hydrogen-bond donors (Lipinski definition) is 1. The van der Waals surface area contributed by atoms with E-state index in [2.05, 4.69) is 17.4 Å². The fraction of sp³-hybridized carbons (Fsp3) is 0.375. The van der Waals surface area contributed by atoms with Gasteiger partial charge < -0.3 is 24.3 Å². The number of ether oxygens (including phenoxy) is 4. The molecule has 1 heterocycles. The minimum atomic E-state index is -0.392. The fourth-order valence-electron chi connectivity index (χ4n) is 5.27. The Morgan fingerprint density at radius 3 is 2.50 bits per heavy atom. The van der Waals surface area contributed by atoms with Crippen LogP contribution in [0.5, 0.6) is 11.5 Å². The van der Waals surface area contributed by atoms with Gasteiger partial charge in [-0.15, -0.1) is 11.3 Å². The molecule has 210 valence electrons. The molecule has 1 saturated carbocycles. The van der Waals surface area contributed by atoms with Crippen molar-refractivity contribution in [3.63, 3.8) is 0 Å². The predicted octanol–water partition coefficient (Wildman–Crippen LogP) is 7.20. The van der Waals surface area contributed by atoms with Crippen molar-refractivity contribution < 1.29 is 23.7 Å². The maximum Gasteiger partial charge on any atom is 0.340 e. The highest BCUT2D eigenvalue weighted by Gasteiger charge is 2.26. The quantitative estimate of drug-likeness (QED) is 0.194. The monoisotopic (exact) mass is 560 g/mol. The fourth-order valence-corrected chi connectivity index (χ4v) is 6.43. The number of methoxy groups -OCH3 is 3. The lowest BCUT2D eigenvalue weighted by molar-refractivity contribution is 0.0602. The number of hydrogen-bond acceptors (Lipinski definition) is 8. The molecule has 0 atom stereocenters. The molecule has 1 fully saturated rings. The number of nitrogens with zero attached hydrogens (tertiary/aromatic N) is 1. The zero-order chi connectivity index (χ0) is 27.9. The van der Waals surface area contributed by atoms with E-state index >= 15 is 0 Å². The van der Waals surface area contributed by atoms with Crippen LogP contribution in [-0.4, -0.2) is 38.9 Å². The third-order valence-electron chi connectivity index (χ3n) is 7.57. The van der Waals surface area contributed by atoms with E-state index in [1.165, 1.54) is 12.7 Å². The Bertz CT molecular complexity index is 1430. The molecule has 0 saturated heterocycles. The summed E-state index contributed by atoms with van der Waals surface area (Å²) in [5, 5.41) is 4.56. The van der Waals surface area contributed by atoms with Gasteiger partial charge in [-0.05, 0) is 61.4 Å². The summed E-state index contributed by atoms with van der Waals surface area (Å²) in [5.74, 6) is 2.07. The zero-order valence-electron chi connectivity index (χ0n) is 23.3.